The lowest BCUT2D eigenvalue weighted by Gasteiger charge is -2.02. The van der Waals surface area contributed by atoms with Crippen LogP contribution in [0.25, 0.3) is 0 Å². The third kappa shape index (κ3) is 3.88. The molecule has 114 valence electrons. The molecule has 2 aromatic carbocycles. The van der Waals surface area contributed by atoms with Crippen molar-refractivity contribution in [2.45, 2.75) is 0 Å². The van der Waals surface area contributed by atoms with Crippen LogP contribution in [0.4, 0.5) is 8.78 Å². The predicted octanol–water partition coefficient (Wildman–Crippen LogP) is 3.44. The van der Waals surface area contributed by atoms with E-state index in [-0.39, 0.29) is 11.3 Å². The number of benzene rings is 2. The van der Waals surface area contributed by atoms with Crippen molar-refractivity contribution >= 4 is 12.4 Å². The molecule has 2 aromatic rings. The molecule has 0 N–H and O–H groups in total. The van der Waals surface area contributed by atoms with E-state index in [1.54, 1.807) is 31.4 Å². The molecule has 0 unspecified atom stereocenters. The van der Waals surface area contributed by atoms with Crippen LogP contribution in [-0.4, -0.2) is 26.6 Å². The van der Waals surface area contributed by atoms with Crippen LogP contribution < -0.4 is 9.47 Å². The molecule has 0 amide bonds. The van der Waals surface area contributed by atoms with Gasteiger partial charge in [-0.3, -0.25) is 0 Å². The lowest BCUT2D eigenvalue weighted by molar-refractivity contribution is 0.406. The third-order valence-corrected chi connectivity index (χ3v) is 2.86. The Morgan fingerprint density at radius 3 is 1.91 bits per heavy atom. The van der Waals surface area contributed by atoms with Gasteiger partial charge in [0.1, 0.15) is 23.1 Å². The summed E-state index contributed by atoms with van der Waals surface area (Å²) in [5.41, 5.74) is 0.515. The molecule has 0 heterocycles. The summed E-state index contributed by atoms with van der Waals surface area (Å²) in [7, 11) is 2.91. The fourth-order valence-electron chi connectivity index (χ4n) is 1.68. The zero-order valence-corrected chi connectivity index (χ0v) is 12.1. The number of rotatable bonds is 5. The minimum atomic E-state index is -0.764. The molecule has 22 heavy (non-hydrogen) atoms. The first kappa shape index (κ1) is 15.6. The molecule has 4 nitrogen and oxygen atoms in total. The summed E-state index contributed by atoms with van der Waals surface area (Å²) in [5, 5.41) is 7.41. The van der Waals surface area contributed by atoms with E-state index in [2.05, 4.69) is 10.2 Å². The maximum absolute atomic E-state index is 13.7. The molecule has 0 bridgehead atoms. The maximum Gasteiger partial charge on any atom is 0.138 e. The number of methoxy groups -OCH3 is 2. The van der Waals surface area contributed by atoms with Crippen molar-refractivity contribution < 1.29 is 18.3 Å². The van der Waals surface area contributed by atoms with Crippen LogP contribution in [0.15, 0.2) is 46.6 Å². The molecule has 0 atom stereocenters. The van der Waals surface area contributed by atoms with E-state index < -0.39 is 11.6 Å². The Morgan fingerprint density at radius 1 is 0.818 bits per heavy atom. The first-order valence-electron chi connectivity index (χ1n) is 6.37. The lowest BCUT2D eigenvalue weighted by atomic mass is 10.2. The molecule has 0 aliphatic carbocycles. The molecule has 0 aromatic heterocycles. The average Bonchev–Trinajstić information content (AvgIpc) is 2.53. The topological polar surface area (TPSA) is 43.2 Å². The summed E-state index contributed by atoms with van der Waals surface area (Å²) in [5.74, 6) is -0.697. The van der Waals surface area contributed by atoms with E-state index >= 15 is 0 Å². The highest BCUT2D eigenvalue weighted by Crippen LogP contribution is 2.19. The van der Waals surface area contributed by atoms with Crippen molar-refractivity contribution in [1.29, 1.82) is 0 Å². The normalized spacial score (nSPS) is 11.3. The first-order valence-corrected chi connectivity index (χ1v) is 6.37. The molecule has 2 rings (SSSR count). The third-order valence-electron chi connectivity index (χ3n) is 2.86. The quantitative estimate of drug-likeness (QED) is 0.627. The van der Waals surface area contributed by atoms with E-state index in [1.165, 1.54) is 13.3 Å². The summed E-state index contributed by atoms with van der Waals surface area (Å²) < 4.78 is 37.1. The van der Waals surface area contributed by atoms with Gasteiger partial charge < -0.3 is 9.47 Å². The monoisotopic (exact) mass is 304 g/mol. The van der Waals surface area contributed by atoms with Gasteiger partial charge >= 0.3 is 0 Å². The molecule has 0 saturated carbocycles. The molecular weight excluding hydrogens is 290 g/mol. The molecule has 0 aliphatic rings. The molecule has 0 aliphatic heterocycles. The van der Waals surface area contributed by atoms with Crippen molar-refractivity contribution in [2.75, 3.05) is 14.2 Å². The van der Waals surface area contributed by atoms with Gasteiger partial charge in [0.2, 0.25) is 0 Å². The van der Waals surface area contributed by atoms with E-state index in [4.69, 9.17) is 9.47 Å². The van der Waals surface area contributed by atoms with Gasteiger partial charge in [0.05, 0.1) is 32.2 Å². The van der Waals surface area contributed by atoms with Crippen LogP contribution >= 0.6 is 0 Å². The van der Waals surface area contributed by atoms with E-state index in [9.17, 15) is 8.78 Å². The Hall–Kier alpha value is -2.76. The molecule has 0 radical (unpaired) electrons. The molecule has 0 spiro atoms. The van der Waals surface area contributed by atoms with Crippen molar-refractivity contribution in [3.05, 3.63) is 59.2 Å². The van der Waals surface area contributed by atoms with Crippen LogP contribution in [0.5, 0.6) is 11.5 Å². The molecule has 0 fully saturated rings. The second-order valence-corrected chi connectivity index (χ2v) is 4.27. The second-order valence-electron chi connectivity index (χ2n) is 4.27. The number of hydrogen-bond acceptors (Lipinski definition) is 4. The standard InChI is InChI=1S/C16H14F2N2O2/c1-21-12-5-3-11(4-6-12)9-19-20-10-14-15(17)7-13(22-2)8-16(14)18/h3-10H,1-2H3. The zero-order valence-electron chi connectivity index (χ0n) is 12.1. The lowest BCUT2D eigenvalue weighted by Crippen LogP contribution is -1.96. The minimum absolute atomic E-state index is 0.105. The molecular formula is C16H14F2N2O2. The maximum atomic E-state index is 13.7. The van der Waals surface area contributed by atoms with Crippen molar-refractivity contribution in [3.63, 3.8) is 0 Å². The number of ether oxygens (including phenoxy) is 2. The fourth-order valence-corrected chi connectivity index (χ4v) is 1.68. The van der Waals surface area contributed by atoms with Gasteiger partial charge in [-0.2, -0.15) is 10.2 Å². The summed E-state index contributed by atoms with van der Waals surface area (Å²) in [6.45, 7) is 0. The SMILES string of the molecule is COc1ccc(C=NN=Cc2c(F)cc(OC)cc2F)cc1. The number of nitrogens with zero attached hydrogens (tertiary/aromatic N) is 2. The zero-order chi connectivity index (χ0) is 15.9. The minimum Gasteiger partial charge on any atom is -0.497 e. The summed E-state index contributed by atoms with van der Waals surface area (Å²) >= 11 is 0. The van der Waals surface area contributed by atoms with Gasteiger partial charge in [0.15, 0.2) is 0 Å². The Morgan fingerprint density at radius 2 is 1.36 bits per heavy atom. The van der Waals surface area contributed by atoms with E-state index in [1.807, 2.05) is 0 Å². The Labute approximate surface area is 126 Å². The van der Waals surface area contributed by atoms with Gasteiger partial charge in [0.25, 0.3) is 0 Å². The van der Waals surface area contributed by atoms with Gasteiger partial charge in [-0.15, -0.1) is 0 Å². The van der Waals surface area contributed by atoms with Gasteiger partial charge in [-0.25, -0.2) is 8.78 Å². The van der Waals surface area contributed by atoms with Crippen LogP contribution in [-0.2, 0) is 0 Å². The van der Waals surface area contributed by atoms with Crippen molar-refractivity contribution in [3.8, 4) is 11.5 Å². The highest BCUT2D eigenvalue weighted by Gasteiger charge is 2.09. The smallest absolute Gasteiger partial charge is 0.138 e. The average molecular weight is 304 g/mol. The summed E-state index contributed by atoms with van der Waals surface area (Å²) in [6.07, 6.45) is 2.49. The predicted molar refractivity (Wildman–Crippen MR) is 81.1 cm³/mol. The van der Waals surface area contributed by atoms with Crippen LogP contribution in [0, 0.1) is 11.6 Å². The molecule has 6 heteroatoms. The largest absolute Gasteiger partial charge is 0.497 e. The van der Waals surface area contributed by atoms with Crippen molar-refractivity contribution in [2.24, 2.45) is 10.2 Å². The summed E-state index contributed by atoms with van der Waals surface area (Å²) in [4.78, 5) is 0. The van der Waals surface area contributed by atoms with Gasteiger partial charge in [0, 0.05) is 12.1 Å². The second kappa shape index (κ2) is 7.31. The van der Waals surface area contributed by atoms with Crippen LogP contribution in [0.2, 0.25) is 0 Å². The Kier molecular flexibility index (Phi) is 5.19. The highest BCUT2D eigenvalue weighted by molar-refractivity contribution is 5.83. The first-order chi connectivity index (χ1) is 10.6. The molecule has 0 saturated heterocycles. The van der Waals surface area contributed by atoms with Crippen LogP contribution in [0.3, 0.4) is 0 Å². The van der Waals surface area contributed by atoms with E-state index in [0.717, 1.165) is 29.7 Å². The number of hydrogen-bond donors (Lipinski definition) is 0. The number of halogens is 2. The van der Waals surface area contributed by atoms with E-state index in [0.29, 0.717) is 0 Å². The highest BCUT2D eigenvalue weighted by atomic mass is 19.1. The van der Waals surface area contributed by atoms with Gasteiger partial charge in [-0.05, 0) is 29.8 Å². The Bertz CT molecular complexity index is 675. The Balaban J connectivity index is 2.10. The fraction of sp³-hybridized carbons (Fsp3) is 0.125. The van der Waals surface area contributed by atoms with Crippen LogP contribution in [0.1, 0.15) is 11.1 Å². The van der Waals surface area contributed by atoms with Crippen molar-refractivity contribution in [1.82, 2.24) is 0 Å². The van der Waals surface area contributed by atoms with Gasteiger partial charge in [-0.1, -0.05) is 0 Å². The summed E-state index contributed by atoms with van der Waals surface area (Å²) in [6, 6.07) is 9.27.